The topological polar surface area (TPSA) is 38.1 Å². The fourth-order valence-corrected chi connectivity index (χ4v) is 4.27. The molecule has 1 aromatic heterocycles. The molecule has 1 saturated heterocycles. The van der Waals surface area contributed by atoms with Crippen molar-refractivity contribution in [1.29, 1.82) is 0 Å². The number of rotatable bonds is 1. The summed E-state index contributed by atoms with van der Waals surface area (Å²) in [6, 6.07) is 7.73. The summed E-state index contributed by atoms with van der Waals surface area (Å²) in [5, 5.41) is 5.32. The molecule has 1 aromatic carbocycles. The molecule has 1 amide bonds. The molecule has 0 aliphatic carbocycles. The second-order valence-corrected chi connectivity index (χ2v) is 6.97. The van der Waals surface area contributed by atoms with Gasteiger partial charge in [0.1, 0.15) is 5.69 Å². The van der Waals surface area contributed by atoms with Crippen LogP contribution in [0.2, 0.25) is 5.02 Å². The normalized spacial score (nSPS) is 26.5. The van der Waals surface area contributed by atoms with Crippen molar-refractivity contribution in [3.8, 4) is 5.69 Å². The van der Waals surface area contributed by atoms with Crippen molar-refractivity contribution in [2.24, 2.45) is 0 Å². The van der Waals surface area contributed by atoms with Gasteiger partial charge in [-0.25, -0.2) is 4.68 Å². The van der Waals surface area contributed by atoms with Crippen molar-refractivity contribution in [3.05, 3.63) is 46.2 Å². The molecule has 114 valence electrons. The fraction of sp³-hybridized carbons (Fsp3) is 0.412. The van der Waals surface area contributed by atoms with Gasteiger partial charge in [0.25, 0.3) is 5.91 Å². The van der Waals surface area contributed by atoms with Gasteiger partial charge < -0.3 is 4.90 Å². The third-order valence-corrected chi connectivity index (χ3v) is 5.36. The number of fused-ring (bicyclic) bond motifs is 3. The number of benzene rings is 1. The molecule has 0 saturated carbocycles. The number of aryl methyl sites for hydroxylation is 1. The van der Waals surface area contributed by atoms with Gasteiger partial charge in [0.05, 0.1) is 16.9 Å². The van der Waals surface area contributed by atoms with E-state index in [0.29, 0.717) is 10.7 Å². The lowest BCUT2D eigenvalue weighted by Crippen LogP contribution is -2.40. The van der Waals surface area contributed by atoms with Crippen molar-refractivity contribution in [3.63, 3.8) is 0 Å². The van der Waals surface area contributed by atoms with E-state index in [9.17, 15) is 4.79 Å². The van der Waals surface area contributed by atoms with Crippen LogP contribution in [0.4, 0.5) is 0 Å². The number of halogens is 1. The van der Waals surface area contributed by atoms with Gasteiger partial charge >= 0.3 is 0 Å². The first-order valence-electron chi connectivity index (χ1n) is 7.63. The zero-order valence-corrected chi connectivity index (χ0v) is 13.7. The first kappa shape index (κ1) is 13.8. The van der Waals surface area contributed by atoms with Crippen LogP contribution < -0.4 is 0 Å². The molecule has 2 aliphatic rings. The summed E-state index contributed by atoms with van der Waals surface area (Å²) in [5.74, 6) is 0.0954. The van der Waals surface area contributed by atoms with E-state index in [4.69, 9.17) is 11.6 Å². The maximum atomic E-state index is 13.0. The van der Waals surface area contributed by atoms with Crippen molar-refractivity contribution < 1.29 is 4.79 Å². The van der Waals surface area contributed by atoms with E-state index in [1.54, 1.807) is 4.68 Å². The summed E-state index contributed by atoms with van der Waals surface area (Å²) < 4.78 is 1.78. The molecule has 2 aromatic rings. The fourth-order valence-electron chi connectivity index (χ4n) is 4.15. The number of hydrogen-bond acceptors (Lipinski definition) is 2. The highest BCUT2D eigenvalue weighted by Gasteiger charge is 2.55. The maximum Gasteiger partial charge on any atom is 0.273 e. The standard InChI is InChI=1S/C17H18ClN3O/c1-10-8-9-17(3)14-11(2)19-21(15(14)16(22)20(10)17)13-6-4-12(18)5-7-13/h4-7,10H,8-9H2,1-3H3/t10-,17+/m1/s1. The van der Waals surface area contributed by atoms with Crippen molar-refractivity contribution >= 4 is 17.5 Å². The van der Waals surface area contributed by atoms with Crippen LogP contribution in [-0.2, 0) is 5.54 Å². The highest BCUT2D eigenvalue weighted by atomic mass is 35.5. The molecule has 0 N–H and O–H groups in total. The number of aromatic nitrogens is 2. The lowest BCUT2D eigenvalue weighted by molar-refractivity contribution is 0.0605. The second kappa shape index (κ2) is 4.35. The lowest BCUT2D eigenvalue weighted by Gasteiger charge is -2.31. The largest absolute Gasteiger partial charge is 0.325 e. The zero-order valence-electron chi connectivity index (χ0n) is 12.9. The molecule has 3 heterocycles. The van der Waals surface area contributed by atoms with Crippen molar-refractivity contribution in [1.82, 2.24) is 14.7 Å². The Kier molecular flexibility index (Phi) is 2.74. The lowest BCUT2D eigenvalue weighted by atomic mass is 9.91. The predicted octanol–water partition coefficient (Wildman–Crippen LogP) is 3.69. The van der Waals surface area contributed by atoms with E-state index >= 15 is 0 Å². The van der Waals surface area contributed by atoms with Gasteiger partial charge in [-0.05, 0) is 57.9 Å². The third kappa shape index (κ3) is 1.59. The molecule has 4 rings (SSSR count). The van der Waals surface area contributed by atoms with Gasteiger partial charge in [0.15, 0.2) is 0 Å². The summed E-state index contributed by atoms with van der Waals surface area (Å²) in [5.41, 5.74) is 3.42. The first-order valence-corrected chi connectivity index (χ1v) is 8.01. The number of carbonyl (C=O) groups is 1. The van der Waals surface area contributed by atoms with Crippen LogP contribution >= 0.6 is 11.6 Å². The van der Waals surface area contributed by atoms with Gasteiger partial charge in [-0.15, -0.1) is 0 Å². The zero-order chi connectivity index (χ0) is 15.6. The van der Waals surface area contributed by atoms with Crippen LogP contribution in [0, 0.1) is 6.92 Å². The van der Waals surface area contributed by atoms with Gasteiger partial charge in [0.2, 0.25) is 0 Å². The summed E-state index contributed by atoms with van der Waals surface area (Å²) in [6.07, 6.45) is 2.05. The Morgan fingerprint density at radius 2 is 2.00 bits per heavy atom. The average Bonchev–Trinajstić information content (AvgIpc) is 3.05. The number of hydrogen-bond donors (Lipinski definition) is 0. The smallest absolute Gasteiger partial charge is 0.273 e. The van der Waals surface area contributed by atoms with Crippen LogP contribution in [0.5, 0.6) is 0 Å². The molecule has 2 atom stereocenters. The van der Waals surface area contributed by atoms with Gasteiger partial charge in [0, 0.05) is 16.6 Å². The van der Waals surface area contributed by atoms with E-state index < -0.39 is 0 Å². The Bertz CT molecular complexity index is 780. The summed E-state index contributed by atoms with van der Waals surface area (Å²) in [7, 11) is 0. The summed E-state index contributed by atoms with van der Waals surface area (Å²) in [4.78, 5) is 15.0. The molecule has 2 aliphatic heterocycles. The van der Waals surface area contributed by atoms with E-state index in [2.05, 4.69) is 18.9 Å². The number of nitrogens with zero attached hydrogens (tertiary/aromatic N) is 3. The monoisotopic (exact) mass is 315 g/mol. The first-order chi connectivity index (χ1) is 10.4. The van der Waals surface area contributed by atoms with E-state index in [-0.39, 0.29) is 17.5 Å². The van der Waals surface area contributed by atoms with Crippen LogP contribution in [0.3, 0.4) is 0 Å². The van der Waals surface area contributed by atoms with Gasteiger partial charge in [-0.2, -0.15) is 5.10 Å². The van der Waals surface area contributed by atoms with Crippen LogP contribution in [0.1, 0.15) is 48.4 Å². The Morgan fingerprint density at radius 3 is 2.68 bits per heavy atom. The maximum absolute atomic E-state index is 13.0. The second-order valence-electron chi connectivity index (χ2n) is 6.53. The molecule has 0 unspecified atom stereocenters. The SMILES string of the molecule is Cc1nn(-c2ccc(Cl)cc2)c2c1[C@]1(C)CC[C@@H](C)N1C2=O. The van der Waals surface area contributed by atoms with E-state index in [0.717, 1.165) is 29.8 Å². The van der Waals surface area contributed by atoms with Gasteiger partial charge in [-0.3, -0.25) is 4.79 Å². The Labute approximate surface area is 134 Å². The quantitative estimate of drug-likeness (QED) is 0.805. The van der Waals surface area contributed by atoms with Crippen LogP contribution in [-0.4, -0.2) is 26.6 Å². The Morgan fingerprint density at radius 1 is 1.32 bits per heavy atom. The summed E-state index contributed by atoms with van der Waals surface area (Å²) in [6.45, 7) is 6.29. The average molecular weight is 316 g/mol. The van der Waals surface area contributed by atoms with Crippen molar-refractivity contribution in [2.45, 2.75) is 45.2 Å². The van der Waals surface area contributed by atoms with Crippen LogP contribution in [0.25, 0.3) is 5.69 Å². The molecule has 0 spiro atoms. The molecule has 22 heavy (non-hydrogen) atoms. The minimum Gasteiger partial charge on any atom is -0.325 e. The van der Waals surface area contributed by atoms with Crippen LogP contribution in [0.15, 0.2) is 24.3 Å². The highest BCUT2D eigenvalue weighted by Crippen LogP contribution is 2.50. The molecule has 0 bridgehead atoms. The molecule has 5 heteroatoms. The molecule has 0 radical (unpaired) electrons. The predicted molar refractivity (Wildman–Crippen MR) is 85.5 cm³/mol. The third-order valence-electron chi connectivity index (χ3n) is 5.11. The van der Waals surface area contributed by atoms with E-state index in [1.165, 1.54) is 0 Å². The minimum absolute atomic E-state index is 0.0954. The Hall–Kier alpha value is -1.81. The molecular formula is C17H18ClN3O. The highest BCUT2D eigenvalue weighted by molar-refractivity contribution is 6.30. The van der Waals surface area contributed by atoms with E-state index in [1.807, 2.05) is 36.1 Å². The van der Waals surface area contributed by atoms with Crippen molar-refractivity contribution in [2.75, 3.05) is 0 Å². The molecule has 4 nitrogen and oxygen atoms in total. The minimum atomic E-state index is -0.208. The molecule has 1 fully saturated rings. The Balaban J connectivity index is 1.94. The number of carbonyl (C=O) groups excluding carboxylic acids is 1. The van der Waals surface area contributed by atoms with Gasteiger partial charge in [-0.1, -0.05) is 11.6 Å². The summed E-state index contributed by atoms with van der Waals surface area (Å²) >= 11 is 5.96. The number of amides is 1. The molecular weight excluding hydrogens is 298 g/mol.